The average molecular weight is 148 g/mol. The van der Waals surface area contributed by atoms with E-state index in [4.69, 9.17) is 5.26 Å². The predicted molar refractivity (Wildman–Crippen MR) is 38.8 cm³/mol. The minimum Gasteiger partial charge on any atom is -0.228 e. The Morgan fingerprint density at radius 1 is 1.64 bits per heavy atom. The fourth-order valence-electron chi connectivity index (χ4n) is 0.655. The summed E-state index contributed by atoms with van der Waals surface area (Å²) in [6.45, 7) is 0. The highest BCUT2D eigenvalue weighted by Crippen LogP contribution is 2.01. The van der Waals surface area contributed by atoms with E-state index in [1.54, 1.807) is 6.07 Å². The van der Waals surface area contributed by atoms with Crippen molar-refractivity contribution in [3.05, 3.63) is 35.9 Å². The van der Waals surface area contributed by atoms with E-state index >= 15 is 0 Å². The Balaban J connectivity index is 2.90. The Kier molecular flexibility index (Phi) is 2.34. The summed E-state index contributed by atoms with van der Waals surface area (Å²) in [6, 6.07) is 4.69. The molecule has 1 aromatic rings. The molecule has 11 heavy (non-hydrogen) atoms. The first-order valence-corrected chi connectivity index (χ1v) is 3.00. The molecular formula is C8H5FN2. The van der Waals surface area contributed by atoms with Gasteiger partial charge in [-0.05, 0) is 17.7 Å². The van der Waals surface area contributed by atoms with Crippen LogP contribution in [0.25, 0.3) is 6.08 Å². The Morgan fingerprint density at radius 2 is 2.45 bits per heavy atom. The lowest BCUT2D eigenvalue weighted by atomic mass is 10.2. The van der Waals surface area contributed by atoms with Gasteiger partial charge < -0.3 is 0 Å². The zero-order chi connectivity index (χ0) is 8.10. The smallest absolute Gasteiger partial charge is 0.213 e. The largest absolute Gasteiger partial charge is 0.228 e. The van der Waals surface area contributed by atoms with E-state index in [2.05, 4.69) is 4.98 Å². The van der Waals surface area contributed by atoms with Crippen LogP contribution in [0.4, 0.5) is 4.39 Å². The third-order valence-corrected chi connectivity index (χ3v) is 1.10. The molecule has 0 saturated heterocycles. The van der Waals surface area contributed by atoms with Crippen LogP contribution >= 0.6 is 0 Å². The lowest BCUT2D eigenvalue weighted by molar-refractivity contribution is 0.583. The van der Waals surface area contributed by atoms with Gasteiger partial charge in [-0.1, -0.05) is 0 Å². The van der Waals surface area contributed by atoms with Gasteiger partial charge in [-0.15, -0.1) is 0 Å². The summed E-state index contributed by atoms with van der Waals surface area (Å²) in [4.78, 5) is 3.36. The van der Waals surface area contributed by atoms with E-state index < -0.39 is 5.95 Å². The molecule has 0 N–H and O–H groups in total. The minimum atomic E-state index is -0.537. The van der Waals surface area contributed by atoms with Crippen LogP contribution in [-0.4, -0.2) is 4.98 Å². The van der Waals surface area contributed by atoms with Crippen molar-refractivity contribution in [3.63, 3.8) is 0 Å². The zero-order valence-electron chi connectivity index (χ0n) is 5.66. The van der Waals surface area contributed by atoms with Gasteiger partial charge in [0.25, 0.3) is 0 Å². The molecule has 1 rings (SSSR count). The molecule has 0 aromatic carbocycles. The quantitative estimate of drug-likeness (QED) is 0.449. The second-order valence-electron chi connectivity index (χ2n) is 1.87. The van der Waals surface area contributed by atoms with Crippen molar-refractivity contribution in [1.82, 2.24) is 4.98 Å². The molecule has 0 saturated carbocycles. The molecular weight excluding hydrogens is 143 g/mol. The molecule has 1 aromatic heterocycles. The Labute approximate surface area is 63.6 Å². The summed E-state index contributed by atoms with van der Waals surface area (Å²) in [5.74, 6) is -0.537. The Morgan fingerprint density at radius 3 is 3.09 bits per heavy atom. The maximum Gasteiger partial charge on any atom is 0.213 e. The molecule has 0 bridgehead atoms. The molecule has 0 radical (unpaired) electrons. The molecule has 54 valence electrons. The lowest BCUT2D eigenvalue weighted by Crippen LogP contribution is -1.80. The summed E-state index contributed by atoms with van der Waals surface area (Å²) < 4.78 is 12.4. The third kappa shape index (κ3) is 2.18. The molecule has 0 aliphatic rings. The van der Waals surface area contributed by atoms with Crippen molar-refractivity contribution >= 4 is 6.08 Å². The van der Waals surface area contributed by atoms with Crippen molar-refractivity contribution in [2.75, 3.05) is 0 Å². The van der Waals surface area contributed by atoms with Crippen molar-refractivity contribution in [3.8, 4) is 6.07 Å². The summed E-state index contributed by atoms with van der Waals surface area (Å²) in [6.07, 6.45) is 4.16. The van der Waals surface area contributed by atoms with E-state index in [0.29, 0.717) is 5.56 Å². The van der Waals surface area contributed by atoms with E-state index in [-0.39, 0.29) is 0 Å². The van der Waals surface area contributed by atoms with Gasteiger partial charge in [0.1, 0.15) is 0 Å². The number of hydrogen-bond donors (Lipinski definition) is 0. The number of pyridine rings is 1. The SMILES string of the molecule is N#C/C=C/c1ccnc(F)c1. The first kappa shape index (κ1) is 7.42. The molecule has 0 aliphatic carbocycles. The van der Waals surface area contributed by atoms with Gasteiger partial charge in [-0.2, -0.15) is 9.65 Å². The van der Waals surface area contributed by atoms with Gasteiger partial charge in [0.15, 0.2) is 0 Å². The van der Waals surface area contributed by atoms with Gasteiger partial charge in [0, 0.05) is 18.3 Å². The number of rotatable bonds is 1. The van der Waals surface area contributed by atoms with Crippen molar-refractivity contribution < 1.29 is 4.39 Å². The maximum absolute atomic E-state index is 12.4. The molecule has 0 atom stereocenters. The van der Waals surface area contributed by atoms with E-state index in [1.807, 2.05) is 6.07 Å². The highest BCUT2D eigenvalue weighted by Gasteiger charge is 1.89. The lowest BCUT2D eigenvalue weighted by Gasteiger charge is -1.89. The third-order valence-electron chi connectivity index (χ3n) is 1.10. The number of halogens is 1. The average Bonchev–Trinajstić information content (AvgIpc) is 2.01. The molecule has 0 fully saturated rings. The van der Waals surface area contributed by atoms with Crippen LogP contribution < -0.4 is 0 Å². The van der Waals surface area contributed by atoms with Crippen LogP contribution in [0, 0.1) is 17.3 Å². The fraction of sp³-hybridized carbons (Fsp3) is 0. The van der Waals surface area contributed by atoms with Crippen LogP contribution in [0.1, 0.15) is 5.56 Å². The number of hydrogen-bond acceptors (Lipinski definition) is 2. The topological polar surface area (TPSA) is 36.7 Å². The molecule has 0 unspecified atom stereocenters. The standard InChI is InChI=1S/C8H5FN2/c9-8-6-7(2-1-4-10)3-5-11-8/h1-3,5-6H/b2-1+. The molecule has 0 spiro atoms. The van der Waals surface area contributed by atoms with E-state index in [0.717, 1.165) is 0 Å². The summed E-state index contributed by atoms with van der Waals surface area (Å²) in [5, 5.41) is 8.15. The van der Waals surface area contributed by atoms with Crippen LogP contribution in [0.15, 0.2) is 24.4 Å². The fourth-order valence-corrected chi connectivity index (χ4v) is 0.655. The second kappa shape index (κ2) is 3.47. The first-order valence-electron chi connectivity index (χ1n) is 3.00. The highest BCUT2D eigenvalue weighted by atomic mass is 19.1. The van der Waals surface area contributed by atoms with E-state index in [1.165, 1.54) is 24.4 Å². The van der Waals surface area contributed by atoms with Crippen molar-refractivity contribution in [2.45, 2.75) is 0 Å². The monoisotopic (exact) mass is 148 g/mol. The first-order chi connectivity index (χ1) is 5.33. The van der Waals surface area contributed by atoms with Gasteiger partial charge in [-0.25, -0.2) is 4.98 Å². The minimum absolute atomic E-state index is 0.537. The van der Waals surface area contributed by atoms with Crippen LogP contribution in [-0.2, 0) is 0 Å². The summed E-state index contributed by atoms with van der Waals surface area (Å²) in [5.41, 5.74) is 0.638. The predicted octanol–water partition coefficient (Wildman–Crippen LogP) is 1.76. The summed E-state index contributed by atoms with van der Waals surface area (Å²) >= 11 is 0. The van der Waals surface area contributed by atoms with Gasteiger partial charge in [-0.3, -0.25) is 0 Å². The molecule has 3 heteroatoms. The number of allylic oxidation sites excluding steroid dienone is 1. The van der Waals surface area contributed by atoms with Gasteiger partial charge in [0.2, 0.25) is 5.95 Å². The molecule has 0 aliphatic heterocycles. The van der Waals surface area contributed by atoms with Crippen molar-refractivity contribution in [1.29, 1.82) is 5.26 Å². The number of aromatic nitrogens is 1. The number of nitriles is 1. The summed E-state index contributed by atoms with van der Waals surface area (Å²) in [7, 11) is 0. The Bertz CT molecular complexity index is 312. The molecule has 1 heterocycles. The van der Waals surface area contributed by atoms with Gasteiger partial charge in [0.05, 0.1) is 6.07 Å². The van der Waals surface area contributed by atoms with Gasteiger partial charge >= 0.3 is 0 Å². The molecule has 2 nitrogen and oxygen atoms in total. The van der Waals surface area contributed by atoms with Crippen molar-refractivity contribution in [2.24, 2.45) is 0 Å². The number of nitrogens with zero attached hydrogens (tertiary/aromatic N) is 2. The van der Waals surface area contributed by atoms with Crippen LogP contribution in [0.3, 0.4) is 0 Å². The normalized spacial score (nSPS) is 9.82. The van der Waals surface area contributed by atoms with E-state index in [9.17, 15) is 4.39 Å². The molecule has 0 amide bonds. The Hall–Kier alpha value is -1.69. The zero-order valence-corrected chi connectivity index (χ0v) is 5.66. The maximum atomic E-state index is 12.4. The highest BCUT2D eigenvalue weighted by molar-refractivity contribution is 5.50. The second-order valence-corrected chi connectivity index (χ2v) is 1.87. The van der Waals surface area contributed by atoms with Crippen LogP contribution in [0.2, 0.25) is 0 Å². The van der Waals surface area contributed by atoms with Crippen LogP contribution in [0.5, 0.6) is 0 Å².